The predicted octanol–water partition coefficient (Wildman–Crippen LogP) is -0.878. The van der Waals surface area contributed by atoms with E-state index in [-0.39, 0.29) is 18.5 Å². The van der Waals surface area contributed by atoms with E-state index in [0.717, 1.165) is 16.3 Å². The minimum absolute atomic E-state index is 0.0539. The lowest BCUT2D eigenvalue weighted by molar-refractivity contribution is -0.255. The summed E-state index contributed by atoms with van der Waals surface area (Å²) in [7, 11) is 0. The predicted molar refractivity (Wildman–Crippen MR) is 77.8 cm³/mol. The molecule has 3 heterocycles. The van der Waals surface area contributed by atoms with Gasteiger partial charge in [0, 0.05) is 12.7 Å². The number of carboxylic acids is 1. The number of rotatable bonds is 4. The van der Waals surface area contributed by atoms with Gasteiger partial charge in [-0.2, -0.15) is 9.50 Å². The summed E-state index contributed by atoms with van der Waals surface area (Å²) >= 11 is 0. The second-order valence-electron chi connectivity index (χ2n) is 5.01. The number of nitrogens with one attached hydrogen (secondary N) is 2. The number of fused-ring (bicyclic) bond motifs is 2. The van der Waals surface area contributed by atoms with Crippen LogP contribution in [0, 0.1) is 0 Å². The molecule has 4 rings (SSSR count). The van der Waals surface area contributed by atoms with E-state index >= 15 is 0 Å². The zero-order valence-electron chi connectivity index (χ0n) is 12.1. The molecule has 0 spiro atoms. The van der Waals surface area contributed by atoms with Crippen molar-refractivity contribution < 1.29 is 19.4 Å². The Kier molecular flexibility index (Phi) is 3.08. The van der Waals surface area contributed by atoms with Crippen molar-refractivity contribution in [1.29, 1.82) is 0 Å². The van der Waals surface area contributed by atoms with Crippen LogP contribution in [0.3, 0.4) is 0 Å². The number of hydrogen-bond acceptors (Lipinski definition) is 8. The highest BCUT2D eigenvalue weighted by Gasteiger charge is 2.14. The van der Waals surface area contributed by atoms with Gasteiger partial charge < -0.3 is 24.7 Å². The maximum atomic E-state index is 12.0. The van der Waals surface area contributed by atoms with Crippen molar-refractivity contribution in [1.82, 2.24) is 19.6 Å². The molecule has 0 aliphatic carbocycles. The molecule has 10 nitrogen and oxygen atoms in total. The topological polar surface area (TPSA) is 134 Å². The molecule has 0 unspecified atom stereocenters. The molecule has 24 heavy (non-hydrogen) atoms. The second-order valence-corrected chi connectivity index (χ2v) is 5.01. The fraction of sp³-hybridized carbons (Fsp3) is 0.143. The molecule has 0 fully saturated rings. The Morgan fingerprint density at radius 2 is 2.21 bits per heavy atom. The van der Waals surface area contributed by atoms with Crippen LogP contribution in [0.25, 0.3) is 5.78 Å². The van der Waals surface area contributed by atoms with Crippen LogP contribution >= 0.6 is 0 Å². The summed E-state index contributed by atoms with van der Waals surface area (Å²) < 4.78 is 11.5. The van der Waals surface area contributed by atoms with Gasteiger partial charge in [0.05, 0.1) is 11.5 Å². The number of carboxylic acid groups (broad SMARTS) is 1. The van der Waals surface area contributed by atoms with E-state index in [0.29, 0.717) is 18.0 Å². The van der Waals surface area contributed by atoms with Gasteiger partial charge in [-0.05, 0) is 17.7 Å². The molecule has 10 heteroatoms. The van der Waals surface area contributed by atoms with Gasteiger partial charge in [-0.1, -0.05) is 6.07 Å². The lowest BCUT2D eigenvalue weighted by Gasteiger charge is -2.04. The molecular formula is C14H10N5O5-. The first-order chi connectivity index (χ1) is 11.6. The molecule has 0 saturated heterocycles. The van der Waals surface area contributed by atoms with Gasteiger partial charge in [0.2, 0.25) is 12.7 Å². The third-order valence-electron chi connectivity index (χ3n) is 3.49. The zero-order valence-corrected chi connectivity index (χ0v) is 12.1. The maximum Gasteiger partial charge on any atom is 0.283 e. The third-order valence-corrected chi connectivity index (χ3v) is 3.49. The van der Waals surface area contributed by atoms with Crippen molar-refractivity contribution >= 4 is 17.7 Å². The van der Waals surface area contributed by atoms with E-state index in [2.05, 4.69) is 20.4 Å². The third kappa shape index (κ3) is 2.29. The Balaban J connectivity index is 1.58. The second kappa shape index (κ2) is 5.26. The summed E-state index contributed by atoms with van der Waals surface area (Å²) in [4.78, 5) is 30.7. The van der Waals surface area contributed by atoms with Crippen molar-refractivity contribution in [3.8, 4) is 11.5 Å². The number of carbonyl (C=O) groups is 1. The van der Waals surface area contributed by atoms with Crippen LogP contribution in [0.1, 0.15) is 15.9 Å². The first-order valence-electron chi connectivity index (χ1n) is 6.93. The van der Waals surface area contributed by atoms with Gasteiger partial charge in [0.25, 0.3) is 11.3 Å². The minimum Gasteiger partial charge on any atom is -0.545 e. The Morgan fingerprint density at radius 1 is 1.38 bits per heavy atom. The van der Waals surface area contributed by atoms with Crippen molar-refractivity contribution in [2.75, 3.05) is 12.1 Å². The Bertz CT molecular complexity index is 1010. The molecule has 2 N–H and O–H groups in total. The molecular weight excluding hydrogens is 318 g/mol. The highest BCUT2D eigenvalue weighted by Crippen LogP contribution is 2.32. The monoisotopic (exact) mass is 328 g/mol. The lowest BCUT2D eigenvalue weighted by atomic mass is 10.2. The molecule has 0 radical (unpaired) electrons. The van der Waals surface area contributed by atoms with Crippen LogP contribution in [-0.2, 0) is 6.54 Å². The number of hydrogen-bond donors (Lipinski definition) is 2. The minimum atomic E-state index is -1.59. The highest BCUT2D eigenvalue weighted by atomic mass is 16.7. The van der Waals surface area contributed by atoms with Gasteiger partial charge in [-0.3, -0.25) is 9.89 Å². The highest BCUT2D eigenvalue weighted by molar-refractivity contribution is 5.85. The maximum absolute atomic E-state index is 12.0. The Morgan fingerprint density at radius 3 is 3.04 bits per heavy atom. The fourth-order valence-corrected chi connectivity index (χ4v) is 2.31. The molecule has 3 aromatic rings. The zero-order chi connectivity index (χ0) is 16.7. The van der Waals surface area contributed by atoms with E-state index in [9.17, 15) is 14.7 Å². The average molecular weight is 328 g/mol. The van der Waals surface area contributed by atoms with Gasteiger partial charge in [-0.25, -0.2) is 4.98 Å². The van der Waals surface area contributed by atoms with E-state index in [1.165, 1.54) is 0 Å². The summed E-state index contributed by atoms with van der Waals surface area (Å²) in [5.41, 5.74) is -0.419. The first-order valence-corrected chi connectivity index (χ1v) is 6.93. The summed E-state index contributed by atoms with van der Waals surface area (Å²) in [6, 6.07) is 5.49. The van der Waals surface area contributed by atoms with E-state index < -0.39 is 17.1 Å². The van der Waals surface area contributed by atoms with E-state index in [1.54, 1.807) is 6.07 Å². The average Bonchev–Trinajstić information content (AvgIpc) is 3.19. The number of carbonyl (C=O) groups excluding carboxylic acids is 1. The molecule has 1 aliphatic heterocycles. The standard InChI is InChI=1S/C14H11N5O5/c20-11-8(12(21)22)5-16-14-17-13(18-19(11)14)15-4-7-1-2-9-10(3-7)24-6-23-9/h1-3,5H,4,6H2,(H,21,22)(H2,15,16,17,18)/p-1. The largest absolute Gasteiger partial charge is 0.545 e. The van der Waals surface area contributed by atoms with Gasteiger partial charge in [0.15, 0.2) is 11.5 Å². The van der Waals surface area contributed by atoms with Crippen LogP contribution in [0.5, 0.6) is 11.5 Å². The molecule has 0 saturated carbocycles. The number of nitrogens with zero attached hydrogens (tertiary/aromatic N) is 3. The summed E-state index contributed by atoms with van der Waals surface area (Å²) in [5, 5.41) is 16.5. The van der Waals surface area contributed by atoms with E-state index in [4.69, 9.17) is 9.47 Å². The van der Waals surface area contributed by atoms with E-state index in [1.807, 2.05) is 12.1 Å². The number of anilines is 1. The van der Waals surface area contributed by atoms with Crippen molar-refractivity contribution in [2.24, 2.45) is 0 Å². The van der Waals surface area contributed by atoms with Gasteiger partial charge in [0.1, 0.15) is 0 Å². The van der Waals surface area contributed by atoms with Crippen LogP contribution < -0.4 is 25.5 Å². The molecule has 0 amide bonds. The SMILES string of the molecule is O=C([O-])c1cnc2nc(NCc3ccc4c(c3)OCO4)[nH]n2c1=O. The van der Waals surface area contributed by atoms with Crippen molar-refractivity contribution in [3.05, 3.63) is 45.9 Å². The van der Waals surface area contributed by atoms with Crippen LogP contribution in [0.2, 0.25) is 0 Å². The molecule has 2 aromatic heterocycles. The van der Waals surface area contributed by atoms with Crippen molar-refractivity contribution in [2.45, 2.75) is 6.54 Å². The number of ether oxygens (including phenoxy) is 2. The van der Waals surface area contributed by atoms with Gasteiger partial charge in [-0.15, -0.1) is 0 Å². The summed E-state index contributed by atoms with van der Waals surface area (Å²) in [6.45, 7) is 0.601. The number of benzene rings is 1. The van der Waals surface area contributed by atoms with Crippen LogP contribution in [-0.4, -0.2) is 32.3 Å². The number of H-pyrrole nitrogens is 1. The first kappa shape index (κ1) is 14.1. The van der Waals surface area contributed by atoms with Crippen LogP contribution in [0.4, 0.5) is 5.95 Å². The van der Waals surface area contributed by atoms with Crippen LogP contribution in [0.15, 0.2) is 29.2 Å². The smallest absolute Gasteiger partial charge is 0.283 e. The fourth-order valence-electron chi connectivity index (χ4n) is 2.31. The van der Waals surface area contributed by atoms with Gasteiger partial charge >= 0.3 is 0 Å². The number of aromatic amines is 1. The van der Waals surface area contributed by atoms with Crippen molar-refractivity contribution in [3.63, 3.8) is 0 Å². The molecule has 1 aromatic carbocycles. The molecule has 0 bridgehead atoms. The molecule has 1 aliphatic rings. The Labute approximate surface area is 133 Å². The lowest BCUT2D eigenvalue weighted by Crippen LogP contribution is -2.32. The number of aromatic nitrogens is 4. The Hall–Kier alpha value is -3.56. The number of aromatic carboxylic acids is 1. The molecule has 122 valence electrons. The summed E-state index contributed by atoms with van der Waals surface area (Å²) in [6.07, 6.45) is 0.926. The quantitative estimate of drug-likeness (QED) is 0.631. The molecule has 0 atom stereocenters. The normalized spacial score (nSPS) is 12.5. The summed E-state index contributed by atoms with van der Waals surface area (Å²) in [5.74, 6) is 0.0840.